The highest BCUT2D eigenvalue weighted by atomic mass is 35.5. The van der Waals surface area contributed by atoms with Gasteiger partial charge in [-0.25, -0.2) is 29.9 Å². The van der Waals surface area contributed by atoms with Crippen molar-refractivity contribution in [2.75, 3.05) is 14.2 Å². The zero-order chi connectivity index (χ0) is 47.9. The Morgan fingerprint density at radius 3 is 1.67 bits per heavy atom. The van der Waals surface area contributed by atoms with Crippen LogP contribution in [0.4, 0.5) is 0 Å². The summed E-state index contributed by atoms with van der Waals surface area (Å²) in [5.41, 5.74) is 7.33. The van der Waals surface area contributed by atoms with Gasteiger partial charge in [0.25, 0.3) is 5.56 Å². The Labute approximate surface area is 395 Å². The molecule has 0 saturated carbocycles. The first-order valence-electron chi connectivity index (χ1n) is 20.6. The molecule has 0 radical (unpaired) electrons. The monoisotopic (exact) mass is 925 g/mol. The predicted octanol–water partition coefficient (Wildman–Crippen LogP) is 8.43. The van der Waals surface area contributed by atoms with Crippen LogP contribution in [0.15, 0.2) is 157 Å². The summed E-state index contributed by atoms with van der Waals surface area (Å²) >= 11 is 5.70. The zero-order valence-electron chi connectivity index (χ0n) is 36.3. The third-order valence-electron chi connectivity index (χ3n) is 10.4. The van der Waals surface area contributed by atoms with Crippen LogP contribution in [-0.4, -0.2) is 72.3 Å². The van der Waals surface area contributed by atoms with Crippen LogP contribution < -0.4 is 15.0 Å². The maximum absolute atomic E-state index is 12.2. The van der Waals surface area contributed by atoms with Crippen LogP contribution in [0.3, 0.4) is 0 Å². The van der Waals surface area contributed by atoms with E-state index in [1.54, 1.807) is 104 Å². The Morgan fingerprint density at radius 2 is 1.06 bits per heavy atom. The third kappa shape index (κ3) is 9.25. The van der Waals surface area contributed by atoms with Crippen LogP contribution in [0.5, 0.6) is 11.8 Å². The molecule has 0 unspecified atom stereocenters. The highest BCUT2D eigenvalue weighted by Crippen LogP contribution is 2.27. The number of aromatic nitrogens is 12. The van der Waals surface area contributed by atoms with Gasteiger partial charge in [-0.15, -0.1) is 0 Å². The first kappa shape index (κ1) is 44.1. The Hall–Kier alpha value is -10.1. The highest BCUT2D eigenvalue weighted by Gasteiger charge is 2.15. The number of nitriles is 3. The van der Waals surface area contributed by atoms with Crippen molar-refractivity contribution in [2.24, 2.45) is 0 Å². The Morgan fingerprint density at radius 1 is 0.551 bits per heavy atom. The number of hydrogen-bond donors (Lipinski definition) is 1. The number of nitrogens with zero attached hydrogens (tertiary/aromatic N) is 14. The number of pyridine rings is 3. The van der Waals surface area contributed by atoms with Crippen molar-refractivity contribution in [3.8, 4) is 53.0 Å². The minimum atomic E-state index is -0.202. The molecule has 18 nitrogen and oxygen atoms in total. The normalized spacial score (nSPS) is 10.6. The SMILES string of the molecule is COc1nc(-c2cnc3ccc(C#N)cn23)nc2ccccc12.COc1nc(Cl)nc2ccccc12.N#Cc1ccc2ncc(-c3nc4ccccc4c(=O)[nH]3)n2c1.N#Cc1ccc2nccn2c1. The average molecular weight is 926 g/mol. The van der Waals surface area contributed by atoms with Crippen LogP contribution in [0, 0.1) is 34.0 Å². The first-order chi connectivity index (χ1) is 33.8. The number of H-pyrrole nitrogens is 1. The number of para-hydroxylation sites is 3. The number of fused-ring (bicyclic) bond motifs is 6. The Kier molecular flexibility index (Phi) is 12.5. The molecule has 0 fully saturated rings. The second kappa shape index (κ2) is 19.6. The number of ether oxygens (including phenoxy) is 2. The molecular weight excluding hydrogens is 894 g/mol. The van der Waals surface area contributed by atoms with Gasteiger partial charge in [-0.3, -0.25) is 13.6 Å². The lowest BCUT2D eigenvalue weighted by atomic mass is 10.2. The topological polar surface area (TPSA) is 239 Å². The van der Waals surface area contributed by atoms with Crippen LogP contribution in [0.2, 0.25) is 5.28 Å². The third-order valence-corrected chi connectivity index (χ3v) is 10.5. The second-order valence-corrected chi connectivity index (χ2v) is 14.9. The maximum Gasteiger partial charge on any atom is 0.259 e. The first-order valence-corrected chi connectivity index (χ1v) is 21.0. The molecule has 3 aromatic carbocycles. The summed E-state index contributed by atoms with van der Waals surface area (Å²) in [6, 6.07) is 39.2. The molecule has 0 aliphatic heterocycles. The molecule has 69 heavy (non-hydrogen) atoms. The lowest BCUT2D eigenvalue weighted by molar-refractivity contribution is 0.402. The van der Waals surface area contributed by atoms with E-state index in [2.05, 4.69) is 63.1 Å². The van der Waals surface area contributed by atoms with Crippen LogP contribution in [0.1, 0.15) is 16.7 Å². The van der Waals surface area contributed by atoms with Gasteiger partial charge in [-0.2, -0.15) is 25.8 Å². The van der Waals surface area contributed by atoms with Gasteiger partial charge in [0.05, 0.1) is 76.0 Å². The molecule has 0 saturated heterocycles. The van der Waals surface area contributed by atoms with Crippen LogP contribution >= 0.6 is 11.6 Å². The predicted molar refractivity (Wildman–Crippen MR) is 257 cm³/mol. The minimum Gasteiger partial charge on any atom is -0.480 e. The molecule has 0 spiro atoms. The van der Waals surface area contributed by atoms with E-state index in [0.717, 1.165) is 33.1 Å². The summed E-state index contributed by atoms with van der Waals surface area (Å²) in [6.07, 6.45) is 12.0. The van der Waals surface area contributed by atoms with Gasteiger partial charge in [-0.1, -0.05) is 36.4 Å². The summed E-state index contributed by atoms with van der Waals surface area (Å²) in [5.74, 6) is 1.95. The molecule has 0 amide bonds. The van der Waals surface area contributed by atoms with E-state index in [-0.39, 0.29) is 10.8 Å². The summed E-state index contributed by atoms with van der Waals surface area (Å²) in [7, 11) is 3.14. The van der Waals surface area contributed by atoms with E-state index in [0.29, 0.717) is 68.0 Å². The lowest BCUT2D eigenvalue weighted by Gasteiger charge is -2.07. The molecule has 0 atom stereocenters. The van der Waals surface area contributed by atoms with E-state index in [1.807, 2.05) is 75.7 Å². The van der Waals surface area contributed by atoms with E-state index in [1.165, 1.54) is 0 Å². The number of halogens is 1. The fourth-order valence-corrected chi connectivity index (χ4v) is 7.29. The van der Waals surface area contributed by atoms with Crippen molar-refractivity contribution < 1.29 is 9.47 Å². The Balaban J connectivity index is 0.000000120. The molecule has 0 bridgehead atoms. The molecule has 332 valence electrons. The van der Waals surface area contributed by atoms with Crippen molar-refractivity contribution in [3.63, 3.8) is 0 Å². The molecule has 9 heterocycles. The van der Waals surface area contributed by atoms with Gasteiger partial charge in [-0.05, 0) is 84.4 Å². The number of benzene rings is 3. The summed E-state index contributed by atoms with van der Waals surface area (Å²) in [4.78, 5) is 49.2. The standard InChI is InChI=1S/C17H11N5O.C16H9N5O.C9H7ClN2O.C8H5N3/c1-23-17-12-4-2-3-5-13(12)20-16(21-17)14-9-19-15-7-6-11(8-18)10-22(14)15;17-7-10-5-6-14-18-8-13(21(14)9-10)15-19-12-4-2-1-3-11(12)16(22)20-15;1-13-8-6-4-2-3-5-7(6)11-9(10)12-8;9-5-7-1-2-8-10-3-4-11(8)6-7/h2-7,9-10H,1H3;1-6,8-9H,(H,19,20,22);2-5H,1H3;1-4,6H. The molecule has 0 aliphatic rings. The zero-order valence-corrected chi connectivity index (χ0v) is 37.1. The van der Waals surface area contributed by atoms with E-state index >= 15 is 0 Å². The van der Waals surface area contributed by atoms with Crippen LogP contribution in [-0.2, 0) is 0 Å². The summed E-state index contributed by atoms with van der Waals surface area (Å²) in [5, 5.41) is 29.1. The van der Waals surface area contributed by atoms with Crippen molar-refractivity contribution in [1.29, 1.82) is 15.8 Å². The smallest absolute Gasteiger partial charge is 0.259 e. The number of methoxy groups -OCH3 is 2. The molecule has 0 aliphatic carbocycles. The molecule has 1 N–H and O–H groups in total. The average Bonchev–Trinajstić information content (AvgIpc) is 4.17. The number of rotatable bonds is 4. The summed E-state index contributed by atoms with van der Waals surface area (Å²) < 4.78 is 15.8. The van der Waals surface area contributed by atoms with Gasteiger partial charge >= 0.3 is 0 Å². The Bertz CT molecular complexity index is 4070. The molecule has 12 rings (SSSR count). The number of imidazole rings is 3. The molecular formula is C50H32ClN15O3. The van der Waals surface area contributed by atoms with Crippen molar-refractivity contribution >= 4 is 61.3 Å². The molecule has 12 aromatic rings. The van der Waals surface area contributed by atoms with Crippen molar-refractivity contribution in [2.45, 2.75) is 0 Å². The minimum absolute atomic E-state index is 0.202. The van der Waals surface area contributed by atoms with E-state index in [9.17, 15) is 4.79 Å². The van der Waals surface area contributed by atoms with Gasteiger partial charge in [0.1, 0.15) is 46.5 Å². The van der Waals surface area contributed by atoms with Gasteiger partial charge in [0.15, 0.2) is 11.6 Å². The number of nitrogens with one attached hydrogen (secondary N) is 1. The van der Waals surface area contributed by atoms with Crippen LogP contribution in [0.25, 0.3) is 72.7 Å². The van der Waals surface area contributed by atoms with Gasteiger partial charge in [0, 0.05) is 31.0 Å². The lowest BCUT2D eigenvalue weighted by Crippen LogP contribution is -2.10. The number of hydrogen-bond acceptors (Lipinski definition) is 14. The summed E-state index contributed by atoms with van der Waals surface area (Å²) in [6.45, 7) is 0. The van der Waals surface area contributed by atoms with E-state index < -0.39 is 0 Å². The largest absolute Gasteiger partial charge is 0.480 e. The second-order valence-electron chi connectivity index (χ2n) is 14.5. The molecule has 9 aromatic heterocycles. The van der Waals surface area contributed by atoms with Gasteiger partial charge < -0.3 is 18.9 Å². The quantitative estimate of drug-likeness (QED) is 0.163. The maximum atomic E-state index is 12.2. The molecule has 19 heteroatoms. The highest BCUT2D eigenvalue weighted by molar-refractivity contribution is 6.28. The number of aromatic amines is 1. The fraction of sp³-hybridized carbons (Fsp3) is 0.0400. The van der Waals surface area contributed by atoms with Crippen molar-refractivity contribution in [3.05, 3.63) is 185 Å². The van der Waals surface area contributed by atoms with E-state index in [4.69, 9.17) is 36.9 Å². The van der Waals surface area contributed by atoms with Crippen molar-refractivity contribution in [1.82, 2.24) is 58.1 Å². The fourth-order valence-electron chi connectivity index (χ4n) is 7.12. The van der Waals surface area contributed by atoms with Gasteiger partial charge in [0.2, 0.25) is 17.0 Å².